The summed E-state index contributed by atoms with van der Waals surface area (Å²) < 4.78 is 7.00. The number of nitrogens with zero attached hydrogens (tertiary/aromatic N) is 7. The van der Waals surface area contributed by atoms with Crippen molar-refractivity contribution in [2.24, 2.45) is 0 Å². The van der Waals surface area contributed by atoms with Gasteiger partial charge in [0.25, 0.3) is 5.78 Å². The van der Waals surface area contributed by atoms with Crippen molar-refractivity contribution in [3.63, 3.8) is 0 Å². The van der Waals surface area contributed by atoms with Crippen LogP contribution < -0.4 is 9.64 Å². The van der Waals surface area contributed by atoms with Crippen molar-refractivity contribution in [2.75, 3.05) is 18.6 Å². The van der Waals surface area contributed by atoms with Gasteiger partial charge < -0.3 is 9.64 Å². The van der Waals surface area contributed by atoms with Gasteiger partial charge in [-0.3, -0.25) is 0 Å². The van der Waals surface area contributed by atoms with Crippen LogP contribution in [0.5, 0.6) is 5.88 Å². The van der Waals surface area contributed by atoms with Gasteiger partial charge in [-0.15, -0.1) is 5.10 Å². The number of methoxy groups -OCH3 is 1. The third kappa shape index (κ3) is 2.53. The molecule has 8 nitrogen and oxygen atoms in total. The fourth-order valence-electron chi connectivity index (χ4n) is 3.06. The Morgan fingerprint density at radius 2 is 2.17 bits per heavy atom. The molecule has 24 heavy (non-hydrogen) atoms. The minimum atomic E-state index is 0.544. The standard InChI is InChI=1S/C16H19N7O/c1-3-4-12-8-15(23-16(19-12)17-10-18-23)22-6-5-13-11(9-22)7-14(24-2)21-20-13/h7-8,10H,3-6,9H2,1-2H3. The monoisotopic (exact) mass is 325 g/mol. The second-order valence-corrected chi connectivity index (χ2v) is 5.86. The normalized spacial score (nSPS) is 14.0. The lowest BCUT2D eigenvalue weighted by Crippen LogP contribution is -2.33. The van der Waals surface area contributed by atoms with E-state index in [1.807, 2.05) is 6.07 Å². The topological polar surface area (TPSA) is 81.3 Å². The van der Waals surface area contributed by atoms with Crippen LogP contribution in [0.3, 0.4) is 0 Å². The van der Waals surface area contributed by atoms with Gasteiger partial charge in [-0.05, 0) is 6.42 Å². The van der Waals surface area contributed by atoms with Crippen LogP contribution in [-0.4, -0.2) is 43.4 Å². The minimum absolute atomic E-state index is 0.544. The summed E-state index contributed by atoms with van der Waals surface area (Å²) in [7, 11) is 1.61. The van der Waals surface area contributed by atoms with Gasteiger partial charge in [0, 0.05) is 42.9 Å². The maximum absolute atomic E-state index is 5.20. The van der Waals surface area contributed by atoms with Gasteiger partial charge in [0.2, 0.25) is 5.88 Å². The summed E-state index contributed by atoms with van der Waals surface area (Å²) in [6.07, 6.45) is 4.37. The summed E-state index contributed by atoms with van der Waals surface area (Å²) in [6.45, 7) is 3.75. The SMILES string of the molecule is CCCc1cc(N2CCc3nnc(OC)cc3C2)n2ncnc2n1. The molecule has 3 aromatic heterocycles. The van der Waals surface area contributed by atoms with Crippen LogP contribution >= 0.6 is 0 Å². The fraction of sp³-hybridized carbons (Fsp3) is 0.438. The molecule has 0 N–H and O–H groups in total. The smallest absolute Gasteiger partial charge is 0.254 e. The average Bonchev–Trinajstić information content (AvgIpc) is 3.09. The molecule has 0 bridgehead atoms. The summed E-state index contributed by atoms with van der Waals surface area (Å²) in [5.41, 5.74) is 3.21. The van der Waals surface area contributed by atoms with E-state index in [0.717, 1.165) is 55.1 Å². The van der Waals surface area contributed by atoms with Crippen LogP contribution in [0, 0.1) is 0 Å². The van der Waals surface area contributed by atoms with Crippen molar-refractivity contribution in [2.45, 2.75) is 32.7 Å². The van der Waals surface area contributed by atoms with Gasteiger partial charge >= 0.3 is 0 Å². The lowest BCUT2D eigenvalue weighted by Gasteiger charge is -2.30. The third-order valence-electron chi connectivity index (χ3n) is 4.24. The first-order chi connectivity index (χ1) is 11.8. The molecule has 0 saturated carbocycles. The lowest BCUT2D eigenvalue weighted by molar-refractivity contribution is 0.389. The first-order valence-electron chi connectivity index (χ1n) is 8.12. The van der Waals surface area contributed by atoms with E-state index < -0.39 is 0 Å². The van der Waals surface area contributed by atoms with E-state index in [2.05, 4.69) is 43.2 Å². The Hall–Kier alpha value is -2.77. The van der Waals surface area contributed by atoms with Gasteiger partial charge in [-0.1, -0.05) is 13.3 Å². The van der Waals surface area contributed by atoms with Gasteiger partial charge in [0.15, 0.2) is 0 Å². The Kier molecular flexibility index (Phi) is 3.72. The molecule has 1 aliphatic heterocycles. The van der Waals surface area contributed by atoms with Crippen molar-refractivity contribution < 1.29 is 4.74 Å². The van der Waals surface area contributed by atoms with E-state index in [1.165, 1.54) is 0 Å². The summed E-state index contributed by atoms with van der Waals surface area (Å²) in [6, 6.07) is 4.07. The Morgan fingerprint density at radius 3 is 3.00 bits per heavy atom. The first kappa shape index (κ1) is 14.8. The summed E-state index contributed by atoms with van der Waals surface area (Å²) in [5.74, 6) is 2.21. The summed E-state index contributed by atoms with van der Waals surface area (Å²) >= 11 is 0. The van der Waals surface area contributed by atoms with Gasteiger partial charge in [-0.2, -0.15) is 19.7 Å². The molecule has 0 spiro atoms. The van der Waals surface area contributed by atoms with Crippen molar-refractivity contribution in [1.29, 1.82) is 0 Å². The largest absolute Gasteiger partial charge is 0.480 e. The number of aromatic nitrogens is 6. The van der Waals surface area contributed by atoms with Crippen molar-refractivity contribution in [1.82, 2.24) is 29.8 Å². The summed E-state index contributed by atoms with van der Waals surface area (Å²) in [4.78, 5) is 11.1. The van der Waals surface area contributed by atoms with Crippen LogP contribution in [0.25, 0.3) is 5.78 Å². The first-order valence-corrected chi connectivity index (χ1v) is 8.12. The molecular weight excluding hydrogens is 306 g/mol. The molecule has 0 unspecified atom stereocenters. The molecule has 0 amide bonds. The number of ether oxygens (including phenoxy) is 1. The maximum atomic E-state index is 5.20. The quantitative estimate of drug-likeness (QED) is 0.718. The van der Waals surface area contributed by atoms with Crippen molar-refractivity contribution in [3.8, 4) is 5.88 Å². The fourth-order valence-corrected chi connectivity index (χ4v) is 3.06. The average molecular weight is 325 g/mol. The Morgan fingerprint density at radius 1 is 1.25 bits per heavy atom. The Balaban J connectivity index is 1.73. The minimum Gasteiger partial charge on any atom is -0.480 e. The summed E-state index contributed by atoms with van der Waals surface area (Å²) in [5, 5.41) is 12.7. The second kappa shape index (κ2) is 6.03. The maximum Gasteiger partial charge on any atom is 0.254 e. The number of aryl methyl sites for hydroxylation is 1. The van der Waals surface area contributed by atoms with E-state index in [0.29, 0.717) is 11.7 Å². The zero-order valence-electron chi connectivity index (χ0n) is 13.8. The predicted octanol–water partition coefficient (Wildman–Crippen LogP) is 1.44. The zero-order valence-corrected chi connectivity index (χ0v) is 13.8. The molecule has 4 heterocycles. The van der Waals surface area contributed by atoms with Crippen molar-refractivity contribution in [3.05, 3.63) is 35.4 Å². The van der Waals surface area contributed by atoms with Gasteiger partial charge in [0.05, 0.1) is 12.8 Å². The van der Waals surface area contributed by atoms with Gasteiger partial charge in [-0.25, -0.2) is 4.98 Å². The Labute approximate surface area is 139 Å². The molecule has 3 aromatic rings. The van der Waals surface area contributed by atoms with E-state index >= 15 is 0 Å². The van der Waals surface area contributed by atoms with E-state index in [1.54, 1.807) is 18.0 Å². The number of hydrogen-bond acceptors (Lipinski definition) is 7. The molecule has 0 aromatic carbocycles. The van der Waals surface area contributed by atoms with Crippen LogP contribution in [0.1, 0.15) is 30.3 Å². The molecule has 4 rings (SSSR count). The molecule has 0 atom stereocenters. The number of fused-ring (bicyclic) bond motifs is 2. The van der Waals surface area contributed by atoms with E-state index in [-0.39, 0.29) is 0 Å². The molecule has 124 valence electrons. The van der Waals surface area contributed by atoms with Crippen molar-refractivity contribution >= 4 is 11.6 Å². The molecule has 0 radical (unpaired) electrons. The van der Waals surface area contributed by atoms with E-state index in [4.69, 9.17) is 4.74 Å². The van der Waals surface area contributed by atoms with Gasteiger partial charge in [0.1, 0.15) is 12.1 Å². The highest BCUT2D eigenvalue weighted by Crippen LogP contribution is 2.25. The molecular formula is C16H19N7O. The molecule has 8 heteroatoms. The second-order valence-electron chi connectivity index (χ2n) is 5.86. The predicted molar refractivity (Wildman–Crippen MR) is 88.1 cm³/mol. The lowest BCUT2D eigenvalue weighted by atomic mass is 10.1. The Bertz CT molecular complexity index is 876. The van der Waals surface area contributed by atoms with Crippen LogP contribution in [0.4, 0.5) is 5.82 Å². The molecule has 0 fully saturated rings. The molecule has 1 aliphatic rings. The van der Waals surface area contributed by atoms with E-state index in [9.17, 15) is 0 Å². The molecule has 0 aliphatic carbocycles. The highest BCUT2D eigenvalue weighted by Gasteiger charge is 2.22. The number of anilines is 1. The zero-order chi connectivity index (χ0) is 16.5. The highest BCUT2D eigenvalue weighted by atomic mass is 16.5. The highest BCUT2D eigenvalue weighted by molar-refractivity contribution is 5.49. The van der Waals surface area contributed by atoms with Crippen LogP contribution in [0.2, 0.25) is 0 Å². The number of rotatable bonds is 4. The third-order valence-corrected chi connectivity index (χ3v) is 4.24. The van der Waals surface area contributed by atoms with Crippen LogP contribution in [-0.2, 0) is 19.4 Å². The molecule has 0 saturated heterocycles. The van der Waals surface area contributed by atoms with Crippen LogP contribution in [0.15, 0.2) is 18.5 Å². The number of hydrogen-bond donors (Lipinski definition) is 0.